The predicted molar refractivity (Wildman–Crippen MR) is 104 cm³/mol. The number of halogens is 1. The molecule has 3 aromatic rings. The standard InChI is InChI=1S/C20H14ClN3OS/c21-19-15-3-1-2-4-17(15)26-18-6-5-14(11-16(18)24-19)20(25)23-12-13-7-9-22-10-8-13/h1-11H,12H2,(H,23,25). The molecule has 4 rings (SSSR count). The maximum Gasteiger partial charge on any atom is 0.251 e. The largest absolute Gasteiger partial charge is 0.348 e. The molecule has 6 heteroatoms. The smallest absolute Gasteiger partial charge is 0.251 e. The molecular formula is C20H14ClN3OS. The third kappa shape index (κ3) is 3.49. The van der Waals surface area contributed by atoms with E-state index in [1.165, 1.54) is 0 Å². The minimum atomic E-state index is -0.150. The summed E-state index contributed by atoms with van der Waals surface area (Å²) >= 11 is 7.98. The van der Waals surface area contributed by atoms with Crippen molar-refractivity contribution in [1.82, 2.24) is 10.3 Å². The molecule has 2 aromatic carbocycles. The van der Waals surface area contributed by atoms with E-state index >= 15 is 0 Å². The van der Waals surface area contributed by atoms with Gasteiger partial charge in [0.1, 0.15) is 5.17 Å². The van der Waals surface area contributed by atoms with E-state index in [1.807, 2.05) is 48.5 Å². The van der Waals surface area contributed by atoms with E-state index < -0.39 is 0 Å². The Labute approximate surface area is 160 Å². The van der Waals surface area contributed by atoms with Crippen molar-refractivity contribution in [2.45, 2.75) is 16.3 Å². The van der Waals surface area contributed by atoms with Crippen LogP contribution in [0.25, 0.3) is 0 Å². The maximum atomic E-state index is 12.5. The first-order chi connectivity index (χ1) is 12.7. The van der Waals surface area contributed by atoms with Crippen molar-refractivity contribution < 1.29 is 4.79 Å². The number of rotatable bonds is 3. The predicted octanol–water partition coefficient (Wildman–Crippen LogP) is 4.79. The highest BCUT2D eigenvalue weighted by atomic mass is 35.5. The molecular weight excluding hydrogens is 366 g/mol. The summed E-state index contributed by atoms with van der Waals surface area (Å²) in [5.41, 5.74) is 3.15. The van der Waals surface area contributed by atoms with Crippen molar-refractivity contribution in [1.29, 1.82) is 0 Å². The molecule has 26 heavy (non-hydrogen) atoms. The molecule has 1 N–H and O–H groups in total. The lowest BCUT2D eigenvalue weighted by Gasteiger charge is -2.08. The van der Waals surface area contributed by atoms with Gasteiger partial charge in [-0.05, 0) is 42.0 Å². The number of benzene rings is 2. The van der Waals surface area contributed by atoms with Gasteiger partial charge in [-0.3, -0.25) is 9.78 Å². The summed E-state index contributed by atoms with van der Waals surface area (Å²) in [6.45, 7) is 0.447. The fourth-order valence-corrected chi connectivity index (χ4v) is 3.94. The van der Waals surface area contributed by atoms with Crippen molar-refractivity contribution >= 4 is 40.1 Å². The Morgan fingerprint density at radius 1 is 1.04 bits per heavy atom. The fraction of sp³-hybridized carbons (Fsp3) is 0.0500. The minimum Gasteiger partial charge on any atom is -0.348 e. The molecule has 0 saturated heterocycles. The van der Waals surface area contributed by atoms with Crippen LogP contribution in [-0.2, 0) is 6.54 Å². The molecule has 0 saturated carbocycles. The zero-order chi connectivity index (χ0) is 17.9. The zero-order valence-corrected chi connectivity index (χ0v) is 15.2. The average Bonchev–Trinajstić information content (AvgIpc) is 2.82. The van der Waals surface area contributed by atoms with Crippen LogP contribution in [0.1, 0.15) is 21.5 Å². The van der Waals surface area contributed by atoms with Crippen LogP contribution in [0.2, 0.25) is 0 Å². The summed E-state index contributed by atoms with van der Waals surface area (Å²) in [5.74, 6) is -0.150. The van der Waals surface area contributed by atoms with Gasteiger partial charge in [-0.15, -0.1) is 0 Å². The monoisotopic (exact) mass is 379 g/mol. The Morgan fingerprint density at radius 2 is 1.85 bits per heavy atom. The van der Waals surface area contributed by atoms with Gasteiger partial charge in [0.05, 0.1) is 5.69 Å². The number of nitrogens with one attached hydrogen (secondary N) is 1. The highest BCUT2D eigenvalue weighted by Gasteiger charge is 2.17. The van der Waals surface area contributed by atoms with E-state index in [2.05, 4.69) is 15.3 Å². The summed E-state index contributed by atoms with van der Waals surface area (Å²) in [4.78, 5) is 23.0. The molecule has 0 atom stereocenters. The van der Waals surface area contributed by atoms with E-state index in [0.29, 0.717) is 23.0 Å². The lowest BCUT2D eigenvalue weighted by Crippen LogP contribution is -2.22. The lowest BCUT2D eigenvalue weighted by atomic mass is 10.1. The Hall–Kier alpha value is -2.63. The molecule has 0 radical (unpaired) electrons. The van der Waals surface area contributed by atoms with Gasteiger partial charge in [-0.1, -0.05) is 41.6 Å². The molecule has 1 aliphatic rings. The number of fused-ring (bicyclic) bond motifs is 2. The number of aliphatic imine (C=N–C) groups is 1. The number of carbonyl (C=O) groups is 1. The van der Waals surface area contributed by atoms with Crippen LogP contribution in [0.15, 0.2) is 81.8 Å². The van der Waals surface area contributed by atoms with Crippen LogP contribution < -0.4 is 5.32 Å². The first kappa shape index (κ1) is 16.8. The van der Waals surface area contributed by atoms with Gasteiger partial charge in [0.25, 0.3) is 5.91 Å². The van der Waals surface area contributed by atoms with Crippen LogP contribution in [0, 0.1) is 0 Å². The van der Waals surface area contributed by atoms with E-state index in [0.717, 1.165) is 20.9 Å². The average molecular weight is 380 g/mol. The third-order valence-electron chi connectivity index (χ3n) is 3.97. The van der Waals surface area contributed by atoms with E-state index in [4.69, 9.17) is 11.6 Å². The van der Waals surface area contributed by atoms with Gasteiger partial charge in [-0.25, -0.2) is 4.99 Å². The summed E-state index contributed by atoms with van der Waals surface area (Å²) in [7, 11) is 0. The molecule has 0 aliphatic carbocycles. The fourth-order valence-electron chi connectivity index (χ4n) is 2.63. The van der Waals surface area contributed by atoms with Gasteiger partial charge >= 0.3 is 0 Å². The first-order valence-corrected chi connectivity index (χ1v) is 9.23. The lowest BCUT2D eigenvalue weighted by molar-refractivity contribution is 0.0951. The topological polar surface area (TPSA) is 54.4 Å². The molecule has 0 spiro atoms. The van der Waals surface area contributed by atoms with Gasteiger partial charge in [0, 0.05) is 39.9 Å². The second-order valence-corrected chi connectivity index (χ2v) is 7.16. The van der Waals surface area contributed by atoms with Crippen LogP contribution in [0.3, 0.4) is 0 Å². The SMILES string of the molecule is O=C(NCc1ccncc1)c1ccc2c(c1)N=C(Cl)c1ccccc1S2. The molecule has 0 fully saturated rings. The van der Waals surface area contributed by atoms with Gasteiger partial charge in [-0.2, -0.15) is 0 Å². The second-order valence-electron chi connectivity index (χ2n) is 5.72. The van der Waals surface area contributed by atoms with Crippen molar-refractivity contribution in [3.63, 3.8) is 0 Å². The highest BCUT2D eigenvalue weighted by Crippen LogP contribution is 2.41. The summed E-state index contributed by atoms with van der Waals surface area (Å²) in [6, 6.07) is 17.1. The molecule has 1 aromatic heterocycles. The summed E-state index contributed by atoms with van der Waals surface area (Å²) in [5, 5.41) is 3.34. The van der Waals surface area contributed by atoms with Crippen molar-refractivity contribution in [2.24, 2.45) is 4.99 Å². The molecule has 0 bridgehead atoms. The molecule has 128 valence electrons. The van der Waals surface area contributed by atoms with Crippen molar-refractivity contribution in [2.75, 3.05) is 0 Å². The quantitative estimate of drug-likeness (QED) is 0.711. The van der Waals surface area contributed by atoms with Crippen LogP contribution in [0.4, 0.5) is 5.69 Å². The molecule has 1 aliphatic heterocycles. The van der Waals surface area contributed by atoms with Crippen LogP contribution in [-0.4, -0.2) is 16.1 Å². The number of hydrogen-bond acceptors (Lipinski definition) is 4. The number of aromatic nitrogens is 1. The summed E-state index contributed by atoms with van der Waals surface area (Å²) in [6.07, 6.45) is 3.41. The molecule has 4 nitrogen and oxygen atoms in total. The van der Waals surface area contributed by atoms with Crippen LogP contribution in [0.5, 0.6) is 0 Å². The molecule has 1 amide bonds. The van der Waals surface area contributed by atoms with Crippen molar-refractivity contribution in [3.05, 3.63) is 83.7 Å². The van der Waals surface area contributed by atoms with E-state index in [9.17, 15) is 4.79 Å². The number of hydrogen-bond donors (Lipinski definition) is 1. The Morgan fingerprint density at radius 3 is 2.69 bits per heavy atom. The first-order valence-electron chi connectivity index (χ1n) is 8.03. The Bertz CT molecular complexity index is 1000. The van der Waals surface area contributed by atoms with Gasteiger partial charge in [0.2, 0.25) is 0 Å². The number of nitrogens with zero attached hydrogens (tertiary/aromatic N) is 2. The highest BCUT2D eigenvalue weighted by molar-refractivity contribution is 7.99. The molecule has 2 heterocycles. The normalized spacial score (nSPS) is 12.4. The number of pyridine rings is 1. The Kier molecular flexibility index (Phi) is 4.73. The Balaban J connectivity index is 1.58. The van der Waals surface area contributed by atoms with Gasteiger partial charge < -0.3 is 5.32 Å². The van der Waals surface area contributed by atoms with Gasteiger partial charge in [0.15, 0.2) is 0 Å². The van der Waals surface area contributed by atoms with E-state index in [-0.39, 0.29) is 5.91 Å². The number of carbonyl (C=O) groups excluding carboxylic acids is 1. The van der Waals surface area contributed by atoms with Crippen LogP contribution >= 0.6 is 23.4 Å². The maximum absolute atomic E-state index is 12.5. The number of amides is 1. The molecule has 0 unspecified atom stereocenters. The van der Waals surface area contributed by atoms with E-state index in [1.54, 1.807) is 30.2 Å². The second kappa shape index (κ2) is 7.32. The summed E-state index contributed by atoms with van der Waals surface area (Å²) < 4.78 is 0. The zero-order valence-electron chi connectivity index (χ0n) is 13.6. The third-order valence-corrected chi connectivity index (χ3v) is 5.40. The van der Waals surface area contributed by atoms with Crippen molar-refractivity contribution in [3.8, 4) is 0 Å². The minimum absolute atomic E-state index is 0.150.